The van der Waals surface area contributed by atoms with Crippen LogP contribution in [0.4, 0.5) is 18.9 Å². The number of carbonyl (C=O) groups is 1. The van der Waals surface area contributed by atoms with E-state index in [1.807, 2.05) is 48.2 Å². The van der Waals surface area contributed by atoms with Gasteiger partial charge in [-0.3, -0.25) is 4.79 Å². The molecule has 3 heterocycles. The summed E-state index contributed by atoms with van der Waals surface area (Å²) in [5.74, 6) is 0.440. The highest BCUT2D eigenvalue weighted by atomic mass is 19.4. The van der Waals surface area contributed by atoms with Crippen LogP contribution in [0.15, 0.2) is 55.1 Å². The van der Waals surface area contributed by atoms with E-state index >= 15 is 0 Å². The summed E-state index contributed by atoms with van der Waals surface area (Å²) in [6.45, 7) is 1.94. The van der Waals surface area contributed by atoms with Crippen LogP contribution in [-0.4, -0.2) is 25.7 Å². The molecule has 6 rings (SSSR count). The van der Waals surface area contributed by atoms with E-state index in [0.717, 1.165) is 46.9 Å². The van der Waals surface area contributed by atoms with E-state index in [4.69, 9.17) is 0 Å². The second kappa shape index (κ2) is 6.94. The van der Waals surface area contributed by atoms with E-state index in [0.29, 0.717) is 17.0 Å². The number of imidazole rings is 1. The largest absolute Gasteiger partial charge is 0.504 e. The number of fused-ring (bicyclic) bond motifs is 1. The molecule has 0 spiro atoms. The lowest BCUT2D eigenvalue weighted by molar-refractivity contribution is -0.212. The molecular weight excluding hydrogens is 431 g/mol. The fourth-order valence-electron chi connectivity index (χ4n) is 4.92. The van der Waals surface area contributed by atoms with Gasteiger partial charge in [-0.05, 0) is 60.6 Å². The molecule has 2 fully saturated rings. The van der Waals surface area contributed by atoms with E-state index < -0.39 is 6.30 Å². The number of aromatic nitrogens is 4. The number of β-lactam (4-membered cyclic amide) rings is 1. The number of hydrogen-bond acceptors (Lipinski definition) is 3. The van der Waals surface area contributed by atoms with Crippen LogP contribution in [-0.2, 0) is 11.1 Å². The molecule has 33 heavy (non-hydrogen) atoms. The number of hydrogen-bond donors (Lipinski definition) is 1. The standard InChI is InChI=1S/C24H20F3N5O/c1-13-8-15(16-10-30-31(11-16)24(25,26)27)4-6-18(13)22-21(14-2-3-14)23(33)32(22)17-5-7-19-20(9-17)29-12-28-19/h4-12,14,21-22H,2-3H2,1H3,(H,28,29)/t21?,22-/m0/s1. The lowest BCUT2D eigenvalue weighted by atomic mass is 9.77. The Morgan fingerprint density at radius 1 is 1.09 bits per heavy atom. The van der Waals surface area contributed by atoms with E-state index in [2.05, 4.69) is 15.1 Å². The third kappa shape index (κ3) is 3.21. The molecule has 1 N–H and O–H groups in total. The molecule has 6 nitrogen and oxygen atoms in total. The number of halogens is 3. The highest BCUT2D eigenvalue weighted by molar-refractivity contribution is 6.04. The number of benzene rings is 2. The van der Waals surface area contributed by atoms with Crippen molar-refractivity contribution in [2.75, 3.05) is 4.90 Å². The number of aromatic amines is 1. The number of nitrogens with one attached hydrogen (secondary N) is 1. The summed E-state index contributed by atoms with van der Waals surface area (Å²) in [7, 11) is 0. The SMILES string of the molecule is Cc1cc(-c2cnn(C(F)(F)F)c2)ccc1[C@H]1C(C2CC2)C(=O)N1c1ccc2nc[nH]c2c1. The number of anilines is 1. The first kappa shape index (κ1) is 20.0. The van der Waals surface area contributed by atoms with Crippen LogP contribution in [0.2, 0.25) is 0 Å². The fourth-order valence-corrected chi connectivity index (χ4v) is 4.92. The lowest BCUT2D eigenvalue weighted by Crippen LogP contribution is -2.56. The van der Waals surface area contributed by atoms with Crippen LogP contribution in [0.5, 0.6) is 0 Å². The molecule has 2 aliphatic rings. The summed E-state index contributed by atoms with van der Waals surface area (Å²) < 4.78 is 38.8. The molecule has 1 aliphatic carbocycles. The van der Waals surface area contributed by atoms with Gasteiger partial charge in [0.2, 0.25) is 5.91 Å². The number of carbonyl (C=O) groups excluding carboxylic acids is 1. The summed E-state index contributed by atoms with van der Waals surface area (Å²) in [5, 5.41) is 3.43. The van der Waals surface area contributed by atoms with Crippen molar-refractivity contribution < 1.29 is 18.0 Å². The zero-order chi connectivity index (χ0) is 22.9. The first-order chi connectivity index (χ1) is 15.8. The smallest absolute Gasteiger partial charge is 0.345 e. The molecule has 1 amide bonds. The number of aryl methyl sites for hydroxylation is 1. The predicted molar refractivity (Wildman–Crippen MR) is 116 cm³/mol. The fraction of sp³-hybridized carbons (Fsp3) is 0.292. The van der Waals surface area contributed by atoms with E-state index in [1.54, 1.807) is 6.33 Å². The summed E-state index contributed by atoms with van der Waals surface area (Å²) in [4.78, 5) is 22.4. The molecule has 2 aromatic heterocycles. The molecule has 168 valence electrons. The van der Waals surface area contributed by atoms with Crippen molar-refractivity contribution in [2.24, 2.45) is 11.8 Å². The first-order valence-corrected chi connectivity index (χ1v) is 10.8. The number of H-pyrrole nitrogens is 1. The molecule has 0 radical (unpaired) electrons. The second-order valence-corrected chi connectivity index (χ2v) is 8.83. The van der Waals surface area contributed by atoms with Crippen LogP contribution in [0.1, 0.15) is 30.0 Å². The Kier molecular flexibility index (Phi) is 4.21. The van der Waals surface area contributed by atoms with Gasteiger partial charge in [-0.15, -0.1) is 13.2 Å². The first-order valence-electron chi connectivity index (χ1n) is 10.8. The molecule has 1 unspecified atom stereocenters. The van der Waals surface area contributed by atoms with Crippen molar-refractivity contribution in [3.63, 3.8) is 0 Å². The summed E-state index contributed by atoms with van der Waals surface area (Å²) >= 11 is 0. The van der Waals surface area contributed by atoms with Crippen molar-refractivity contribution in [1.29, 1.82) is 0 Å². The van der Waals surface area contributed by atoms with Crippen molar-refractivity contribution in [3.05, 3.63) is 66.2 Å². The predicted octanol–water partition coefficient (Wildman–Crippen LogP) is 5.33. The van der Waals surface area contributed by atoms with Gasteiger partial charge in [-0.2, -0.15) is 9.78 Å². The van der Waals surface area contributed by atoms with Gasteiger partial charge in [0.1, 0.15) is 0 Å². The lowest BCUT2D eigenvalue weighted by Gasteiger charge is -2.48. The average molecular weight is 451 g/mol. The molecule has 1 aliphatic heterocycles. The number of amides is 1. The highest BCUT2D eigenvalue weighted by Gasteiger charge is 2.55. The molecule has 1 saturated carbocycles. The Hall–Kier alpha value is -3.62. The van der Waals surface area contributed by atoms with Crippen LogP contribution in [0.3, 0.4) is 0 Å². The monoisotopic (exact) mass is 451 g/mol. The zero-order valence-electron chi connectivity index (χ0n) is 17.7. The summed E-state index contributed by atoms with van der Waals surface area (Å²) in [5.41, 5.74) is 5.52. The topological polar surface area (TPSA) is 66.8 Å². The Bertz CT molecular complexity index is 1380. The summed E-state index contributed by atoms with van der Waals surface area (Å²) in [6, 6.07) is 11.3. The number of alkyl halides is 3. The van der Waals surface area contributed by atoms with Gasteiger partial charge in [0.05, 0.1) is 35.5 Å². The van der Waals surface area contributed by atoms with Gasteiger partial charge in [-0.25, -0.2) is 4.98 Å². The van der Waals surface area contributed by atoms with Gasteiger partial charge in [0.15, 0.2) is 0 Å². The molecule has 1 saturated heterocycles. The second-order valence-electron chi connectivity index (χ2n) is 8.83. The van der Waals surface area contributed by atoms with E-state index in [-0.39, 0.29) is 22.5 Å². The average Bonchev–Trinajstić information content (AvgIpc) is 3.25. The van der Waals surface area contributed by atoms with Gasteiger partial charge in [0.25, 0.3) is 0 Å². The van der Waals surface area contributed by atoms with Crippen LogP contribution >= 0.6 is 0 Å². The maximum absolute atomic E-state index is 13.2. The maximum atomic E-state index is 13.2. The third-order valence-electron chi connectivity index (χ3n) is 6.72. The molecule has 2 atom stereocenters. The van der Waals surface area contributed by atoms with E-state index in [1.165, 1.54) is 6.20 Å². The Labute approximate surface area is 187 Å². The van der Waals surface area contributed by atoms with Crippen LogP contribution < -0.4 is 4.90 Å². The molecule has 4 aromatic rings. The molecule has 9 heteroatoms. The molecule has 2 aromatic carbocycles. The Morgan fingerprint density at radius 2 is 1.91 bits per heavy atom. The number of nitrogens with zero attached hydrogens (tertiary/aromatic N) is 4. The maximum Gasteiger partial charge on any atom is 0.504 e. The quantitative estimate of drug-likeness (QED) is 0.427. The van der Waals surface area contributed by atoms with Gasteiger partial charge in [-0.1, -0.05) is 18.2 Å². The minimum absolute atomic E-state index is 0.00658. The normalized spacial score (nSPS) is 21.0. The van der Waals surface area contributed by atoms with Gasteiger partial charge < -0.3 is 9.88 Å². The van der Waals surface area contributed by atoms with Crippen LogP contribution in [0, 0.1) is 18.8 Å². The van der Waals surface area contributed by atoms with Crippen molar-refractivity contribution in [1.82, 2.24) is 19.7 Å². The minimum atomic E-state index is -4.55. The van der Waals surface area contributed by atoms with Gasteiger partial charge in [0, 0.05) is 17.4 Å². The molecular formula is C24H20F3N5O. The third-order valence-corrected chi connectivity index (χ3v) is 6.72. The number of rotatable bonds is 4. The van der Waals surface area contributed by atoms with E-state index in [9.17, 15) is 18.0 Å². The van der Waals surface area contributed by atoms with Crippen molar-refractivity contribution in [2.45, 2.75) is 32.1 Å². The van der Waals surface area contributed by atoms with Crippen molar-refractivity contribution in [3.8, 4) is 11.1 Å². The Morgan fingerprint density at radius 3 is 2.61 bits per heavy atom. The molecule has 0 bridgehead atoms. The van der Waals surface area contributed by atoms with Crippen LogP contribution in [0.25, 0.3) is 22.2 Å². The van der Waals surface area contributed by atoms with Crippen molar-refractivity contribution >= 4 is 22.6 Å². The zero-order valence-corrected chi connectivity index (χ0v) is 17.7. The van der Waals surface area contributed by atoms with Gasteiger partial charge >= 0.3 is 6.30 Å². The highest BCUT2D eigenvalue weighted by Crippen LogP contribution is 2.54. The summed E-state index contributed by atoms with van der Waals surface area (Å²) in [6.07, 6.45) is 1.38. The Balaban J connectivity index is 1.37. The minimum Gasteiger partial charge on any atom is -0.345 e.